The lowest BCUT2D eigenvalue weighted by atomic mass is 9.95. The number of fused-ring (bicyclic) bond motifs is 1. The van der Waals surface area contributed by atoms with E-state index in [9.17, 15) is 0 Å². The summed E-state index contributed by atoms with van der Waals surface area (Å²) in [6.07, 6.45) is 0. The first-order valence-electron chi connectivity index (χ1n) is 6.48. The van der Waals surface area contributed by atoms with Crippen LogP contribution in [0.3, 0.4) is 0 Å². The predicted octanol–water partition coefficient (Wildman–Crippen LogP) is 5.91. The van der Waals surface area contributed by atoms with Crippen molar-refractivity contribution in [2.45, 2.75) is 14.7 Å². The molecule has 0 atom stereocenters. The third kappa shape index (κ3) is 5.20. The third-order valence-electron chi connectivity index (χ3n) is 2.86. The summed E-state index contributed by atoms with van der Waals surface area (Å²) >= 11 is 12.3. The Bertz CT molecular complexity index is 634. The monoisotopic (exact) mass is 328 g/mol. The van der Waals surface area contributed by atoms with Crippen LogP contribution in [0.5, 0.6) is 0 Å². The molecule has 0 unspecified atom stereocenters. The zero-order valence-electron chi connectivity index (χ0n) is 11.3. The van der Waals surface area contributed by atoms with E-state index >= 15 is 0 Å². The van der Waals surface area contributed by atoms with Crippen LogP contribution in [0.1, 0.15) is 0 Å². The topological polar surface area (TPSA) is 0 Å². The van der Waals surface area contributed by atoms with Crippen molar-refractivity contribution in [2.75, 3.05) is 0 Å². The lowest BCUT2D eigenvalue weighted by Gasteiger charge is -2.10. The van der Waals surface area contributed by atoms with Gasteiger partial charge in [-0.1, -0.05) is 54.6 Å². The maximum atomic E-state index is 4.12. The molecule has 0 saturated carbocycles. The first-order valence-corrected chi connectivity index (χ1v) is 7.82. The zero-order valence-corrected chi connectivity index (χ0v) is 14.0. The van der Waals surface area contributed by atoms with E-state index in [0.717, 1.165) is 14.7 Å². The van der Waals surface area contributed by atoms with Gasteiger partial charge in [0.2, 0.25) is 0 Å². The summed E-state index contributed by atoms with van der Waals surface area (Å²) in [5, 5.41) is 0. The van der Waals surface area contributed by atoms with Crippen LogP contribution >= 0.6 is 37.9 Å². The molecule has 2 aromatic carbocycles. The highest BCUT2D eigenvalue weighted by molar-refractivity contribution is 7.83. The Morgan fingerprint density at radius 1 is 0.429 bits per heavy atom. The van der Waals surface area contributed by atoms with Crippen LogP contribution in [0.15, 0.2) is 93.5 Å². The molecule has 0 fully saturated rings. The van der Waals surface area contributed by atoms with Crippen molar-refractivity contribution in [3.05, 3.63) is 78.9 Å². The highest BCUT2D eigenvalue weighted by Gasteiger charge is 2.03. The Kier molecular flexibility index (Phi) is 6.30. The minimum Gasteiger partial charge on any atom is -0.143 e. The molecule has 0 saturated heterocycles. The normalized spacial score (nSPS) is 9.67. The SMILES string of the molecule is Sc1ccccc1.Sc1ccccc1S.c1cc2ccc1-2. The van der Waals surface area contributed by atoms with Gasteiger partial charge in [0.05, 0.1) is 0 Å². The van der Waals surface area contributed by atoms with Crippen LogP contribution in [-0.4, -0.2) is 0 Å². The molecule has 0 aliphatic heterocycles. The Labute approximate surface area is 142 Å². The van der Waals surface area contributed by atoms with Crippen molar-refractivity contribution < 1.29 is 0 Å². The van der Waals surface area contributed by atoms with Gasteiger partial charge in [-0.15, -0.1) is 37.9 Å². The first kappa shape index (κ1) is 16.1. The molecule has 2 aliphatic carbocycles. The van der Waals surface area contributed by atoms with Crippen LogP contribution in [0, 0.1) is 0 Å². The van der Waals surface area contributed by atoms with Crippen molar-refractivity contribution in [1.82, 2.24) is 0 Å². The summed E-state index contributed by atoms with van der Waals surface area (Å²) in [7, 11) is 0. The molecule has 0 heterocycles. The van der Waals surface area contributed by atoms with E-state index < -0.39 is 0 Å². The van der Waals surface area contributed by atoms with Gasteiger partial charge in [-0.05, 0) is 35.4 Å². The lowest BCUT2D eigenvalue weighted by Crippen LogP contribution is -1.85. The number of benzene rings is 3. The lowest BCUT2D eigenvalue weighted by molar-refractivity contribution is 1.27. The molecule has 3 heteroatoms. The standard InChI is InChI=1S/C6H6S2.C6H6S.C6H4/c7-5-3-1-2-4-6(5)8;7-6-4-2-1-3-5-6;1-2-6-4-3-5(1)6/h1-4,7-8H;1-5,7H;1-4H. The summed E-state index contributed by atoms with van der Waals surface area (Å²) in [5.74, 6) is 0. The van der Waals surface area contributed by atoms with Gasteiger partial charge in [-0.2, -0.15) is 0 Å². The smallest absolute Gasteiger partial charge is 0.0174 e. The average Bonchev–Trinajstić information content (AvgIpc) is 2.48. The molecule has 0 amide bonds. The molecular weight excluding hydrogens is 312 g/mol. The van der Waals surface area contributed by atoms with Crippen molar-refractivity contribution >= 4 is 37.9 Å². The summed E-state index contributed by atoms with van der Waals surface area (Å²) in [6, 6.07) is 26.0. The number of hydrogen-bond acceptors (Lipinski definition) is 3. The molecule has 106 valence electrons. The summed E-state index contributed by atoms with van der Waals surface area (Å²) in [5.41, 5.74) is 2.85. The van der Waals surface area contributed by atoms with Gasteiger partial charge in [-0.3, -0.25) is 0 Å². The van der Waals surface area contributed by atoms with Crippen LogP contribution in [0.25, 0.3) is 11.1 Å². The molecule has 0 aromatic heterocycles. The van der Waals surface area contributed by atoms with Gasteiger partial charge in [0, 0.05) is 14.7 Å². The molecular formula is C18H16S3. The fraction of sp³-hybridized carbons (Fsp3) is 0. The van der Waals surface area contributed by atoms with E-state index in [1.54, 1.807) is 0 Å². The Morgan fingerprint density at radius 2 is 0.810 bits per heavy atom. The molecule has 0 spiro atoms. The Balaban J connectivity index is 0.000000116. The second-order valence-electron chi connectivity index (χ2n) is 4.40. The minimum absolute atomic E-state index is 0.927. The van der Waals surface area contributed by atoms with E-state index in [1.165, 1.54) is 11.1 Å². The van der Waals surface area contributed by atoms with Crippen molar-refractivity contribution in [3.63, 3.8) is 0 Å². The molecule has 4 rings (SSSR count). The largest absolute Gasteiger partial charge is 0.143 e. The van der Waals surface area contributed by atoms with Gasteiger partial charge in [0.25, 0.3) is 0 Å². The van der Waals surface area contributed by atoms with Crippen molar-refractivity contribution in [3.8, 4) is 11.1 Å². The van der Waals surface area contributed by atoms with Crippen molar-refractivity contribution in [2.24, 2.45) is 0 Å². The molecule has 2 aliphatic rings. The Hall–Kier alpha value is -1.29. The average molecular weight is 329 g/mol. The van der Waals surface area contributed by atoms with Gasteiger partial charge in [0.1, 0.15) is 0 Å². The Morgan fingerprint density at radius 3 is 1.00 bits per heavy atom. The van der Waals surface area contributed by atoms with Crippen LogP contribution in [0.2, 0.25) is 0 Å². The van der Waals surface area contributed by atoms with E-state index in [4.69, 9.17) is 0 Å². The highest BCUT2D eigenvalue weighted by atomic mass is 32.1. The van der Waals surface area contributed by atoms with E-state index in [-0.39, 0.29) is 0 Å². The minimum atomic E-state index is 0.927. The molecule has 2 aromatic rings. The fourth-order valence-electron chi connectivity index (χ4n) is 1.55. The van der Waals surface area contributed by atoms with E-state index in [2.05, 4.69) is 62.2 Å². The summed E-state index contributed by atoms with van der Waals surface area (Å²) in [6.45, 7) is 0. The summed E-state index contributed by atoms with van der Waals surface area (Å²) in [4.78, 5) is 2.87. The zero-order chi connectivity index (χ0) is 15.1. The molecule has 0 nitrogen and oxygen atoms in total. The number of rotatable bonds is 0. The van der Waals surface area contributed by atoms with Crippen LogP contribution < -0.4 is 0 Å². The highest BCUT2D eigenvalue weighted by Crippen LogP contribution is 2.29. The molecule has 0 radical (unpaired) electrons. The molecule has 21 heavy (non-hydrogen) atoms. The van der Waals surface area contributed by atoms with Gasteiger partial charge < -0.3 is 0 Å². The number of hydrogen-bond donors (Lipinski definition) is 3. The number of thiol groups is 3. The van der Waals surface area contributed by atoms with Gasteiger partial charge in [0.15, 0.2) is 0 Å². The quantitative estimate of drug-likeness (QED) is 0.329. The fourth-order valence-corrected chi connectivity index (χ4v) is 2.05. The maximum absolute atomic E-state index is 4.12. The van der Waals surface area contributed by atoms with Gasteiger partial charge >= 0.3 is 0 Å². The van der Waals surface area contributed by atoms with Crippen LogP contribution in [0.4, 0.5) is 0 Å². The molecule has 0 bridgehead atoms. The van der Waals surface area contributed by atoms with E-state index in [0.29, 0.717) is 0 Å². The molecule has 0 N–H and O–H groups in total. The van der Waals surface area contributed by atoms with Crippen molar-refractivity contribution in [1.29, 1.82) is 0 Å². The van der Waals surface area contributed by atoms with Crippen LogP contribution in [-0.2, 0) is 0 Å². The second-order valence-corrected chi connectivity index (χ2v) is 5.88. The maximum Gasteiger partial charge on any atom is 0.0174 e. The predicted molar refractivity (Wildman–Crippen MR) is 100 cm³/mol. The first-order chi connectivity index (χ1) is 10.2. The van der Waals surface area contributed by atoms with Gasteiger partial charge in [-0.25, -0.2) is 0 Å². The third-order valence-corrected chi connectivity index (χ3v) is 4.11. The second kappa shape index (κ2) is 8.23. The van der Waals surface area contributed by atoms with E-state index in [1.807, 2.05) is 54.6 Å². The summed E-state index contributed by atoms with van der Waals surface area (Å²) < 4.78 is 0.